The van der Waals surface area contributed by atoms with Gasteiger partial charge in [0, 0.05) is 58.2 Å². The Kier molecular flexibility index (Phi) is 6.30. The number of aromatic nitrogens is 4. The lowest BCUT2D eigenvalue weighted by atomic mass is 10.3. The molecule has 1 aliphatic carbocycles. The first kappa shape index (κ1) is 21.1. The van der Waals surface area contributed by atoms with Gasteiger partial charge in [0.05, 0.1) is 5.75 Å². The third-order valence-corrected chi connectivity index (χ3v) is 7.26. The van der Waals surface area contributed by atoms with Gasteiger partial charge in [-0.1, -0.05) is 12.8 Å². The standard InChI is InChI=1S/C19H30N8O2S/c1-25-9-11-27(12-10-25)19-22-17-16(20-7-8-21-17)18(23-19)26(2)13-14-30(28,29)24-15-5-3-4-6-15/h7-8,15,24H,3-6,9-14H2,1-2H3. The highest BCUT2D eigenvalue weighted by Crippen LogP contribution is 2.24. The summed E-state index contributed by atoms with van der Waals surface area (Å²) in [6.07, 6.45) is 7.26. The fourth-order valence-electron chi connectivity index (χ4n) is 3.97. The van der Waals surface area contributed by atoms with E-state index >= 15 is 0 Å². The van der Waals surface area contributed by atoms with Crippen molar-refractivity contribution in [2.45, 2.75) is 31.7 Å². The third kappa shape index (κ3) is 4.96. The summed E-state index contributed by atoms with van der Waals surface area (Å²) < 4.78 is 27.9. The second-order valence-electron chi connectivity index (χ2n) is 8.21. The van der Waals surface area contributed by atoms with E-state index in [1.54, 1.807) is 12.4 Å². The van der Waals surface area contributed by atoms with Crippen molar-refractivity contribution >= 4 is 33.0 Å². The molecule has 2 fully saturated rings. The van der Waals surface area contributed by atoms with Crippen LogP contribution >= 0.6 is 0 Å². The van der Waals surface area contributed by atoms with E-state index in [-0.39, 0.29) is 11.8 Å². The monoisotopic (exact) mass is 434 g/mol. The van der Waals surface area contributed by atoms with Crippen LogP contribution < -0.4 is 14.5 Å². The molecular weight excluding hydrogens is 404 g/mol. The van der Waals surface area contributed by atoms with Gasteiger partial charge in [-0.15, -0.1) is 0 Å². The zero-order valence-corrected chi connectivity index (χ0v) is 18.5. The number of rotatable bonds is 7. The van der Waals surface area contributed by atoms with E-state index in [0.29, 0.717) is 29.5 Å². The van der Waals surface area contributed by atoms with Crippen LogP contribution in [-0.2, 0) is 10.0 Å². The molecule has 0 atom stereocenters. The summed E-state index contributed by atoms with van der Waals surface area (Å²) in [5.41, 5.74) is 1.11. The number of piperazine rings is 1. The van der Waals surface area contributed by atoms with E-state index in [1.807, 2.05) is 11.9 Å². The van der Waals surface area contributed by atoms with Gasteiger partial charge in [-0.25, -0.2) is 23.1 Å². The van der Waals surface area contributed by atoms with Crippen LogP contribution in [0.4, 0.5) is 11.8 Å². The number of nitrogens with one attached hydrogen (secondary N) is 1. The van der Waals surface area contributed by atoms with E-state index < -0.39 is 10.0 Å². The molecule has 2 aromatic rings. The van der Waals surface area contributed by atoms with E-state index in [2.05, 4.69) is 36.5 Å². The molecule has 4 rings (SSSR count). The van der Waals surface area contributed by atoms with Crippen LogP contribution in [0.5, 0.6) is 0 Å². The summed E-state index contributed by atoms with van der Waals surface area (Å²) in [5, 5.41) is 0. The minimum Gasteiger partial charge on any atom is -0.357 e. The van der Waals surface area contributed by atoms with Crippen LogP contribution in [0.3, 0.4) is 0 Å². The number of fused-ring (bicyclic) bond motifs is 1. The number of hydrogen-bond donors (Lipinski definition) is 1. The Labute approximate surface area is 177 Å². The normalized spacial score (nSPS) is 18.9. The molecule has 0 unspecified atom stereocenters. The molecule has 3 heterocycles. The third-order valence-electron chi connectivity index (χ3n) is 5.85. The second kappa shape index (κ2) is 8.94. The molecule has 0 radical (unpaired) electrons. The summed E-state index contributed by atoms with van der Waals surface area (Å²) in [4.78, 5) is 24.4. The highest BCUT2D eigenvalue weighted by Gasteiger charge is 2.24. The molecule has 1 aliphatic heterocycles. The van der Waals surface area contributed by atoms with Crippen molar-refractivity contribution in [2.75, 3.05) is 62.4 Å². The number of anilines is 2. The predicted octanol–water partition coefficient (Wildman–Crippen LogP) is 0.470. The summed E-state index contributed by atoms with van der Waals surface area (Å²) in [6.45, 7) is 3.87. The smallest absolute Gasteiger partial charge is 0.229 e. The van der Waals surface area contributed by atoms with Crippen molar-refractivity contribution in [3.8, 4) is 0 Å². The zero-order chi connectivity index (χ0) is 21.1. The molecule has 1 saturated heterocycles. The maximum absolute atomic E-state index is 12.5. The molecule has 30 heavy (non-hydrogen) atoms. The molecule has 2 aliphatic rings. The first-order chi connectivity index (χ1) is 14.4. The predicted molar refractivity (Wildman–Crippen MR) is 117 cm³/mol. The fourth-order valence-corrected chi connectivity index (χ4v) is 5.35. The van der Waals surface area contributed by atoms with Gasteiger partial charge in [-0.05, 0) is 19.9 Å². The van der Waals surface area contributed by atoms with E-state index in [9.17, 15) is 8.42 Å². The zero-order valence-electron chi connectivity index (χ0n) is 17.7. The quantitative estimate of drug-likeness (QED) is 0.665. The molecule has 10 nitrogen and oxygen atoms in total. The average molecular weight is 435 g/mol. The van der Waals surface area contributed by atoms with Crippen molar-refractivity contribution < 1.29 is 8.42 Å². The Morgan fingerprint density at radius 1 is 1.10 bits per heavy atom. The van der Waals surface area contributed by atoms with Gasteiger partial charge >= 0.3 is 0 Å². The van der Waals surface area contributed by atoms with Gasteiger partial charge < -0.3 is 14.7 Å². The molecule has 0 aromatic carbocycles. The Morgan fingerprint density at radius 2 is 1.80 bits per heavy atom. The van der Waals surface area contributed by atoms with Gasteiger partial charge in [0.15, 0.2) is 17.0 Å². The average Bonchev–Trinajstić information content (AvgIpc) is 3.24. The second-order valence-corrected chi connectivity index (χ2v) is 10.1. The Hall–Kier alpha value is -2.11. The van der Waals surface area contributed by atoms with Gasteiger partial charge in [0.1, 0.15) is 0 Å². The molecular formula is C19H30N8O2S. The van der Waals surface area contributed by atoms with Crippen LogP contribution in [0.1, 0.15) is 25.7 Å². The summed E-state index contributed by atoms with van der Waals surface area (Å²) >= 11 is 0. The molecule has 1 saturated carbocycles. The largest absolute Gasteiger partial charge is 0.357 e. The van der Waals surface area contributed by atoms with Crippen LogP contribution in [0.25, 0.3) is 11.2 Å². The van der Waals surface area contributed by atoms with Crippen molar-refractivity contribution in [3.63, 3.8) is 0 Å². The number of sulfonamides is 1. The summed E-state index contributed by atoms with van der Waals surface area (Å²) in [5.74, 6) is 1.23. The topological polar surface area (TPSA) is 107 Å². The molecule has 2 aromatic heterocycles. The fraction of sp³-hybridized carbons (Fsp3) is 0.684. The van der Waals surface area contributed by atoms with Crippen molar-refractivity contribution in [3.05, 3.63) is 12.4 Å². The first-order valence-corrected chi connectivity index (χ1v) is 12.2. The van der Waals surface area contributed by atoms with E-state index in [0.717, 1.165) is 51.9 Å². The molecule has 0 bridgehead atoms. The minimum absolute atomic E-state index is 0.00952. The molecule has 0 amide bonds. The van der Waals surface area contributed by atoms with Crippen molar-refractivity contribution in [1.29, 1.82) is 0 Å². The van der Waals surface area contributed by atoms with Crippen LogP contribution in [0.2, 0.25) is 0 Å². The Bertz CT molecular complexity index is 972. The number of likely N-dealkylation sites (N-methyl/N-ethyl adjacent to an activating group) is 1. The SMILES string of the molecule is CN1CCN(c2nc(N(C)CCS(=O)(=O)NC3CCCC3)c3nccnc3n2)CC1. The molecule has 1 N–H and O–H groups in total. The van der Waals surface area contributed by atoms with Crippen molar-refractivity contribution in [1.82, 2.24) is 29.6 Å². The van der Waals surface area contributed by atoms with Crippen LogP contribution in [0, 0.1) is 0 Å². The number of hydrogen-bond acceptors (Lipinski definition) is 9. The highest BCUT2D eigenvalue weighted by atomic mass is 32.2. The molecule has 0 spiro atoms. The maximum atomic E-state index is 12.5. The van der Waals surface area contributed by atoms with Gasteiger partial charge in [0.25, 0.3) is 0 Å². The van der Waals surface area contributed by atoms with E-state index in [1.165, 1.54) is 0 Å². The maximum Gasteiger partial charge on any atom is 0.229 e. The van der Waals surface area contributed by atoms with Gasteiger partial charge in [0.2, 0.25) is 16.0 Å². The summed E-state index contributed by atoms with van der Waals surface area (Å²) in [7, 11) is 0.598. The summed E-state index contributed by atoms with van der Waals surface area (Å²) in [6, 6.07) is 0.0786. The van der Waals surface area contributed by atoms with E-state index in [4.69, 9.17) is 4.98 Å². The Morgan fingerprint density at radius 3 is 2.53 bits per heavy atom. The van der Waals surface area contributed by atoms with Gasteiger partial charge in [-0.2, -0.15) is 9.97 Å². The lowest BCUT2D eigenvalue weighted by molar-refractivity contribution is 0.311. The van der Waals surface area contributed by atoms with Crippen molar-refractivity contribution in [2.24, 2.45) is 0 Å². The van der Waals surface area contributed by atoms with Crippen LogP contribution in [-0.4, -0.2) is 91.9 Å². The highest BCUT2D eigenvalue weighted by molar-refractivity contribution is 7.89. The molecule has 11 heteroatoms. The van der Waals surface area contributed by atoms with Crippen LogP contribution in [0.15, 0.2) is 12.4 Å². The van der Waals surface area contributed by atoms with Gasteiger partial charge in [-0.3, -0.25) is 0 Å². The lowest BCUT2D eigenvalue weighted by Gasteiger charge is -2.33. The first-order valence-electron chi connectivity index (χ1n) is 10.5. The Balaban J connectivity index is 1.52. The molecule has 164 valence electrons. The number of nitrogens with zero attached hydrogens (tertiary/aromatic N) is 7. The lowest BCUT2D eigenvalue weighted by Crippen LogP contribution is -2.45. The minimum atomic E-state index is -3.35.